The van der Waals surface area contributed by atoms with Gasteiger partial charge in [0.2, 0.25) is 0 Å². The highest BCUT2D eigenvalue weighted by atomic mass is 16.5. The largest absolute Gasteiger partial charge is 0.466 e. The Labute approximate surface area is 93.0 Å². The van der Waals surface area contributed by atoms with Crippen LogP contribution in [0.25, 0.3) is 16.5 Å². The van der Waals surface area contributed by atoms with Gasteiger partial charge in [-0.15, -0.1) is 0 Å². The minimum atomic E-state index is -0.652. The molecule has 0 fully saturated rings. The summed E-state index contributed by atoms with van der Waals surface area (Å²) in [6.07, 6.45) is 1.50. The molecule has 0 aliphatic rings. The number of methoxy groups -OCH3 is 1. The second kappa shape index (κ2) is 5.58. The van der Waals surface area contributed by atoms with Crippen molar-refractivity contribution in [2.24, 2.45) is 5.11 Å². The van der Waals surface area contributed by atoms with E-state index in [0.717, 1.165) is 11.1 Å². The normalized spacial score (nSPS) is 10.5. The van der Waals surface area contributed by atoms with E-state index in [9.17, 15) is 4.79 Å². The van der Waals surface area contributed by atoms with Crippen molar-refractivity contribution in [1.29, 1.82) is 0 Å². The third-order valence-electron chi connectivity index (χ3n) is 2.03. The number of carbonyl (C=O) groups excluding carboxylic acids is 1. The Hall–Kier alpha value is -2.26. The summed E-state index contributed by atoms with van der Waals surface area (Å²) in [5.74, 6) is -0.652. The van der Waals surface area contributed by atoms with Crippen LogP contribution in [0.4, 0.5) is 0 Å². The molecular formula is C11H11N3O2. The molecule has 0 aliphatic carbocycles. The minimum Gasteiger partial charge on any atom is -0.466 e. The number of ether oxygens (including phenoxy) is 1. The molecule has 0 bridgehead atoms. The number of aryl methyl sites for hydroxylation is 1. The van der Waals surface area contributed by atoms with Gasteiger partial charge in [-0.05, 0) is 29.7 Å². The van der Waals surface area contributed by atoms with E-state index in [1.54, 1.807) is 0 Å². The molecule has 1 aromatic rings. The maximum atomic E-state index is 11.3. The summed E-state index contributed by atoms with van der Waals surface area (Å²) in [5, 5.41) is 3.30. The Kier molecular flexibility index (Phi) is 4.12. The number of carbonyl (C=O) groups is 1. The molecule has 0 saturated carbocycles. The zero-order valence-corrected chi connectivity index (χ0v) is 9.04. The molecule has 1 rings (SSSR count). The van der Waals surface area contributed by atoms with Gasteiger partial charge >= 0.3 is 5.97 Å². The van der Waals surface area contributed by atoms with Gasteiger partial charge in [-0.25, -0.2) is 4.79 Å². The van der Waals surface area contributed by atoms with Crippen molar-refractivity contribution in [3.8, 4) is 0 Å². The maximum Gasteiger partial charge on any atom is 0.340 e. The van der Waals surface area contributed by atoms with Crippen LogP contribution in [0.2, 0.25) is 0 Å². The van der Waals surface area contributed by atoms with E-state index in [1.165, 1.54) is 13.2 Å². The zero-order chi connectivity index (χ0) is 12.0. The Balaban J connectivity index is 3.17. The number of esters is 1. The molecule has 0 spiro atoms. The van der Waals surface area contributed by atoms with E-state index >= 15 is 0 Å². The smallest absolute Gasteiger partial charge is 0.340 e. The molecule has 5 heteroatoms. The van der Waals surface area contributed by atoms with Crippen molar-refractivity contribution in [1.82, 2.24) is 0 Å². The fourth-order valence-electron chi connectivity index (χ4n) is 1.18. The quantitative estimate of drug-likeness (QED) is 0.256. The molecule has 1 aromatic carbocycles. The SMILES string of the molecule is COC(=O)C(=Cc1ccccc1C)N=[N+]=[N-]. The van der Waals surface area contributed by atoms with Crippen molar-refractivity contribution in [3.63, 3.8) is 0 Å². The summed E-state index contributed by atoms with van der Waals surface area (Å²) in [4.78, 5) is 13.8. The van der Waals surface area contributed by atoms with Gasteiger partial charge in [0.15, 0.2) is 0 Å². The number of hydrogen-bond donors (Lipinski definition) is 0. The highest BCUT2D eigenvalue weighted by Gasteiger charge is 2.07. The van der Waals surface area contributed by atoms with Gasteiger partial charge in [0, 0.05) is 4.91 Å². The van der Waals surface area contributed by atoms with Crippen LogP contribution in [0.3, 0.4) is 0 Å². The van der Waals surface area contributed by atoms with Gasteiger partial charge in [-0.3, -0.25) is 0 Å². The molecule has 0 radical (unpaired) electrons. The third-order valence-corrected chi connectivity index (χ3v) is 2.03. The monoisotopic (exact) mass is 217 g/mol. The number of rotatable bonds is 3. The van der Waals surface area contributed by atoms with Crippen LogP contribution in [0, 0.1) is 6.92 Å². The summed E-state index contributed by atoms with van der Waals surface area (Å²) in [6, 6.07) is 7.45. The lowest BCUT2D eigenvalue weighted by Gasteiger charge is -2.01. The van der Waals surface area contributed by atoms with Crippen LogP contribution >= 0.6 is 0 Å². The Bertz CT molecular complexity index is 474. The molecule has 0 saturated heterocycles. The van der Waals surface area contributed by atoms with E-state index in [4.69, 9.17) is 5.53 Å². The molecule has 0 aliphatic heterocycles. The average molecular weight is 217 g/mol. The van der Waals surface area contributed by atoms with Gasteiger partial charge in [-0.1, -0.05) is 29.4 Å². The van der Waals surface area contributed by atoms with Gasteiger partial charge in [0.1, 0.15) is 5.70 Å². The first-order chi connectivity index (χ1) is 7.69. The predicted octanol–water partition coefficient (Wildman–Crippen LogP) is 2.82. The fourth-order valence-corrected chi connectivity index (χ4v) is 1.18. The lowest BCUT2D eigenvalue weighted by Crippen LogP contribution is -2.02. The van der Waals surface area contributed by atoms with Crippen LogP contribution in [-0.2, 0) is 9.53 Å². The zero-order valence-electron chi connectivity index (χ0n) is 9.04. The van der Waals surface area contributed by atoms with Crippen LogP contribution in [0.5, 0.6) is 0 Å². The summed E-state index contributed by atoms with van der Waals surface area (Å²) >= 11 is 0. The minimum absolute atomic E-state index is 0.0562. The highest BCUT2D eigenvalue weighted by molar-refractivity contribution is 5.93. The van der Waals surface area contributed by atoms with E-state index in [2.05, 4.69) is 14.8 Å². The van der Waals surface area contributed by atoms with Gasteiger partial charge in [-0.2, -0.15) is 0 Å². The van der Waals surface area contributed by atoms with Gasteiger partial charge < -0.3 is 4.74 Å². The summed E-state index contributed by atoms with van der Waals surface area (Å²) in [6.45, 7) is 1.90. The second-order valence-corrected chi connectivity index (χ2v) is 3.07. The fraction of sp³-hybridized carbons (Fsp3) is 0.182. The lowest BCUT2D eigenvalue weighted by atomic mass is 10.1. The van der Waals surface area contributed by atoms with Crippen molar-refractivity contribution in [2.75, 3.05) is 7.11 Å². The number of benzene rings is 1. The van der Waals surface area contributed by atoms with Crippen LogP contribution in [0.1, 0.15) is 11.1 Å². The number of azide groups is 1. The molecule has 0 atom stereocenters. The second-order valence-electron chi connectivity index (χ2n) is 3.07. The first-order valence-corrected chi connectivity index (χ1v) is 4.59. The Morgan fingerprint density at radius 1 is 1.50 bits per heavy atom. The standard InChI is InChI=1S/C11H11N3O2/c1-8-5-3-4-6-9(8)7-10(13-14-12)11(15)16-2/h3-7H,1-2H3. The molecule has 0 heterocycles. The van der Waals surface area contributed by atoms with Crippen molar-refractivity contribution in [2.45, 2.75) is 6.92 Å². The molecule has 0 N–H and O–H groups in total. The maximum absolute atomic E-state index is 11.3. The average Bonchev–Trinajstić information content (AvgIpc) is 2.30. The molecule has 0 aromatic heterocycles. The van der Waals surface area contributed by atoms with E-state index in [1.807, 2.05) is 31.2 Å². The first-order valence-electron chi connectivity index (χ1n) is 4.59. The predicted molar refractivity (Wildman–Crippen MR) is 60.3 cm³/mol. The molecule has 0 unspecified atom stereocenters. The number of nitrogens with zero attached hydrogens (tertiary/aromatic N) is 3. The first kappa shape index (κ1) is 11.8. The molecule has 82 valence electrons. The van der Waals surface area contributed by atoms with Crippen LogP contribution in [0.15, 0.2) is 35.1 Å². The molecular weight excluding hydrogens is 206 g/mol. The molecule has 0 amide bonds. The van der Waals surface area contributed by atoms with Crippen molar-refractivity contribution >= 4 is 12.0 Å². The molecule has 16 heavy (non-hydrogen) atoms. The molecule has 5 nitrogen and oxygen atoms in total. The van der Waals surface area contributed by atoms with E-state index in [-0.39, 0.29) is 5.70 Å². The number of hydrogen-bond acceptors (Lipinski definition) is 3. The Morgan fingerprint density at radius 2 is 2.19 bits per heavy atom. The Morgan fingerprint density at radius 3 is 2.75 bits per heavy atom. The van der Waals surface area contributed by atoms with Crippen LogP contribution in [-0.4, -0.2) is 13.1 Å². The lowest BCUT2D eigenvalue weighted by molar-refractivity contribution is -0.136. The third kappa shape index (κ3) is 2.87. The van der Waals surface area contributed by atoms with E-state index in [0.29, 0.717) is 0 Å². The van der Waals surface area contributed by atoms with Crippen LogP contribution < -0.4 is 0 Å². The summed E-state index contributed by atoms with van der Waals surface area (Å²) in [7, 11) is 1.24. The van der Waals surface area contributed by atoms with Crippen molar-refractivity contribution in [3.05, 3.63) is 51.5 Å². The van der Waals surface area contributed by atoms with Gasteiger partial charge in [0.25, 0.3) is 0 Å². The summed E-state index contributed by atoms with van der Waals surface area (Å²) in [5.41, 5.74) is 10.1. The van der Waals surface area contributed by atoms with E-state index < -0.39 is 5.97 Å². The summed E-state index contributed by atoms with van der Waals surface area (Å²) < 4.78 is 4.50. The highest BCUT2D eigenvalue weighted by Crippen LogP contribution is 2.13. The van der Waals surface area contributed by atoms with Gasteiger partial charge in [0.05, 0.1) is 7.11 Å². The van der Waals surface area contributed by atoms with Crippen molar-refractivity contribution < 1.29 is 9.53 Å². The topological polar surface area (TPSA) is 75.1 Å².